The van der Waals surface area contributed by atoms with Crippen LogP contribution in [0.5, 0.6) is 0 Å². The second kappa shape index (κ2) is 8.20. The van der Waals surface area contributed by atoms with E-state index in [2.05, 4.69) is 57.2 Å². The highest BCUT2D eigenvalue weighted by Crippen LogP contribution is 2.13. The maximum Gasteiger partial charge on any atom is 0.0558 e. The molecule has 0 aromatic heterocycles. The fourth-order valence-electron chi connectivity index (χ4n) is 2.24. The first-order valence-electron chi connectivity index (χ1n) is 6.89. The highest BCUT2D eigenvalue weighted by atomic mass is 79.9. The van der Waals surface area contributed by atoms with Gasteiger partial charge in [0.2, 0.25) is 0 Å². The standard InChI is InChI=1S/C17H20BrNO/c18-17-8-4-7-16(13-17)14-19(11-12-20)10-9-15-5-2-1-3-6-15/h1-8,13,20H,9-12,14H2. The van der Waals surface area contributed by atoms with Crippen LogP contribution in [0, 0.1) is 0 Å². The van der Waals surface area contributed by atoms with Crippen LogP contribution in [-0.2, 0) is 13.0 Å². The Balaban J connectivity index is 1.93. The molecule has 0 amide bonds. The van der Waals surface area contributed by atoms with E-state index in [-0.39, 0.29) is 6.61 Å². The van der Waals surface area contributed by atoms with Gasteiger partial charge in [-0.15, -0.1) is 0 Å². The van der Waals surface area contributed by atoms with Crippen molar-refractivity contribution in [2.45, 2.75) is 13.0 Å². The maximum atomic E-state index is 9.22. The van der Waals surface area contributed by atoms with Gasteiger partial charge in [-0.05, 0) is 29.7 Å². The van der Waals surface area contributed by atoms with Crippen molar-refractivity contribution >= 4 is 15.9 Å². The summed E-state index contributed by atoms with van der Waals surface area (Å²) in [4.78, 5) is 2.29. The lowest BCUT2D eigenvalue weighted by atomic mass is 10.1. The molecular weight excluding hydrogens is 314 g/mol. The van der Waals surface area contributed by atoms with Crippen LogP contribution >= 0.6 is 15.9 Å². The van der Waals surface area contributed by atoms with Gasteiger partial charge in [-0.25, -0.2) is 0 Å². The molecule has 20 heavy (non-hydrogen) atoms. The Morgan fingerprint density at radius 1 is 0.900 bits per heavy atom. The average Bonchev–Trinajstić information content (AvgIpc) is 2.46. The van der Waals surface area contributed by atoms with E-state index in [9.17, 15) is 5.11 Å². The minimum absolute atomic E-state index is 0.197. The van der Waals surface area contributed by atoms with Crippen molar-refractivity contribution in [2.24, 2.45) is 0 Å². The molecule has 3 heteroatoms. The normalized spacial score (nSPS) is 10.9. The number of hydrogen-bond acceptors (Lipinski definition) is 2. The Morgan fingerprint density at radius 3 is 2.35 bits per heavy atom. The molecule has 0 bridgehead atoms. The Labute approximate surface area is 129 Å². The van der Waals surface area contributed by atoms with E-state index in [4.69, 9.17) is 0 Å². The molecule has 0 saturated heterocycles. The Bertz CT molecular complexity index is 515. The molecule has 106 valence electrons. The monoisotopic (exact) mass is 333 g/mol. The molecule has 2 aromatic rings. The fourth-order valence-corrected chi connectivity index (χ4v) is 2.68. The summed E-state index contributed by atoms with van der Waals surface area (Å²) in [5.74, 6) is 0. The van der Waals surface area contributed by atoms with Gasteiger partial charge < -0.3 is 5.11 Å². The van der Waals surface area contributed by atoms with Crippen LogP contribution in [0.25, 0.3) is 0 Å². The van der Waals surface area contributed by atoms with Gasteiger partial charge in [0.25, 0.3) is 0 Å². The predicted molar refractivity (Wildman–Crippen MR) is 86.7 cm³/mol. The van der Waals surface area contributed by atoms with Crippen LogP contribution in [0.1, 0.15) is 11.1 Å². The zero-order valence-corrected chi connectivity index (χ0v) is 13.1. The van der Waals surface area contributed by atoms with E-state index < -0.39 is 0 Å². The molecule has 0 aliphatic carbocycles. The lowest BCUT2D eigenvalue weighted by Crippen LogP contribution is -2.28. The maximum absolute atomic E-state index is 9.22. The fraction of sp³-hybridized carbons (Fsp3) is 0.294. The van der Waals surface area contributed by atoms with Crippen LogP contribution in [0.4, 0.5) is 0 Å². The second-order valence-electron chi connectivity index (χ2n) is 4.87. The molecule has 2 rings (SSSR count). The Morgan fingerprint density at radius 2 is 1.65 bits per heavy atom. The third kappa shape index (κ3) is 5.08. The average molecular weight is 334 g/mol. The van der Waals surface area contributed by atoms with Crippen molar-refractivity contribution in [1.29, 1.82) is 0 Å². The lowest BCUT2D eigenvalue weighted by Gasteiger charge is -2.21. The van der Waals surface area contributed by atoms with Crippen LogP contribution < -0.4 is 0 Å². The molecule has 0 spiro atoms. The summed E-state index contributed by atoms with van der Waals surface area (Å²) in [5.41, 5.74) is 2.60. The predicted octanol–water partition coefficient (Wildman–Crippen LogP) is 3.49. The first kappa shape index (κ1) is 15.2. The van der Waals surface area contributed by atoms with E-state index in [1.165, 1.54) is 11.1 Å². The smallest absolute Gasteiger partial charge is 0.0558 e. The van der Waals surface area contributed by atoms with Gasteiger partial charge in [0.1, 0.15) is 0 Å². The molecular formula is C17H20BrNO. The second-order valence-corrected chi connectivity index (χ2v) is 5.78. The zero-order chi connectivity index (χ0) is 14.2. The minimum Gasteiger partial charge on any atom is -0.395 e. The summed E-state index contributed by atoms with van der Waals surface area (Å²) in [7, 11) is 0. The molecule has 0 saturated carbocycles. The topological polar surface area (TPSA) is 23.5 Å². The van der Waals surface area contributed by atoms with Crippen LogP contribution in [-0.4, -0.2) is 29.7 Å². The first-order valence-corrected chi connectivity index (χ1v) is 7.69. The number of aliphatic hydroxyl groups excluding tert-OH is 1. The molecule has 0 radical (unpaired) electrons. The molecule has 0 aliphatic rings. The number of benzene rings is 2. The van der Waals surface area contributed by atoms with E-state index in [0.29, 0.717) is 6.54 Å². The lowest BCUT2D eigenvalue weighted by molar-refractivity contribution is 0.191. The Kier molecular flexibility index (Phi) is 6.25. The summed E-state index contributed by atoms with van der Waals surface area (Å²) in [5, 5.41) is 9.22. The highest BCUT2D eigenvalue weighted by Gasteiger charge is 2.06. The van der Waals surface area contributed by atoms with Crippen molar-refractivity contribution in [3.63, 3.8) is 0 Å². The first-order chi connectivity index (χ1) is 9.78. The Hall–Kier alpha value is -1.16. The van der Waals surface area contributed by atoms with E-state index in [1.807, 2.05) is 18.2 Å². The van der Waals surface area contributed by atoms with Gasteiger partial charge in [0, 0.05) is 24.1 Å². The highest BCUT2D eigenvalue weighted by molar-refractivity contribution is 9.10. The summed E-state index contributed by atoms with van der Waals surface area (Å²) >= 11 is 3.50. The third-order valence-corrected chi connectivity index (χ3v) is 3.76. The molecule has 1 N–H and O–H groups in total. The van der Waals surface area contributed by atoms with Crippen molar-refractivity contribution in [2.75, 3.05) is 19.7 Å². The number of halogens is 1. The number of nitrogens with zero attached hydrogens (tertiary/aromatic N) is 1. The quantitative estimate of drug-likeness (QED) is 0.838. The SMILES string of the molecule is OCCN(CCc1ccccc1)Cc1cccc(Br)c1. The van der Waals surface area contributed by atoms with Crippen molar-refractivity contribution in [3.8, 4) is 0 Å². The van der Waals surface area contributed by atoms with Crippen LogP contribution in [0.3, 0.4) is 0 Å². The van der Waals surface area contributed by atoms with E-state index >= 15 is 0 Å². The molecule has 2 aromatic carbocycles. The summed E-state index contributed by atoms with van der Waals surface area (Å²) < 4.78 is 1.10. The van der Waals surface area contributed by atoms with Crippen LogP contribution in [0.15, 0.2) is 59.1 Å². The molecule has 0 atom stereocenters. The molecule has 0 heterocycles. The molecule has 0 fully saturated rings. The van der Waals surface area contributed by atoms with Crippen molar-refractivity contribution < 1.29 is 5.11 Å². The van der Waals surface area contributed by atoms with Gasteiger partial charge in [-0.3, -0.25) is 4.90 Å². The number of rotatable bonds is 7. The van der Waals surface area contributed by atoms with Gasteiger partial charge in [0.05, 0.1) is 6.61 Å². The summed E-state index contributed by atoms with van der Waals surface area (Å²) in [6.45, 7) is 2.73. The molecule has 2 nitrogen and oxygen atoms in total. The third-order valence-electron chi connectivity index (χ3n) is 3.27. The summed E-state index contributed by atoms with van der Waals surface area (Å²) in [6, 6.07) is 18.8. The largest absolute Gasteiger partial charge is 0.395 e. The minimum atomic E-state index is 0.197. The zero-order valence-electron chi connectivity index (χ0n) is 11.5. The van der Waals surface area contributed by atoms with Gasteiger partial charge in [-0.1, -0.05) is 58.4 Å². The van der Waals surface area contributed by atoms with Gasteiger partial charge in [0.15, 0.2) is 0 Å². The van der Waals surface area contributed by atoms with Crippen molar-refractivity contribution in [3.05, 3.63) is 70.2 Å². The number of hydrogen-bond donors (Lipinski definition) is 1. The number of aliphatic hydroxyl groups is 1. The van der Waals surface area contributed by atoms with E-state index in [1.54, 1.807) is 0 Å². The van der Waals surface area contributed by atoms with Crippen molar-refractivity contribution in [1.82, 2.24) is 4.90 Å². The van der Waals surface area contributed by atoms with Gasteiger partial charge >= 0.3 is 0 Å². The van der Waals surface area contributed by atoms with Crippen LogP contribution in [0.2, 0.25) is 0 Å². The van der Waals surface area contributed by atoms with E-state index in [0.717, 1.165) is 24.0 Å². The molecule has 0 aliphatic heterocycles. The summed E-state index contributed by atoms with van der Waals surface area (Å²) in [6.07, 6.45) is 1.01. The molecule has 0 unspecified atom stereocenters. The van der Waals surface area contributed by atoms with Gasteiger partial charge in [-0.2, -0.15) is 0 Å².